The van der Waals surface area contributed by atoms with E-state index in [1.165, 1.54) is 0 Å². The highest BCUT2D eigenvalue weighted by atomic mass is 16.5. The lowest BCUT2D eigenvalue weighted by atomic mass is 10.1. The molecular formula is C19H15N3O3. The van der Waals surface area contributed by atoms with Gasteiger partial charge in [0.25, 0.3) is 5.91 Å². The Bertz CT molecular complexity index is 1010. The Morgan fingerprint density at radius 2 is 1.80 bits per heavy atom. The molecule has 6 nitrogen and oxygen atoms in total. The molecule has 0 unspecified atom stereocenters. The van der Waals surface area contributed by atoms with Gasteiger partial charge in [0.05, 0.1) is 23.3 Å². The Morgan fingerprint density at radius 3 is 2.72 bits per heavy atom. The van der Waals surface area contributed by atoms with Crippen molar-refractivity contribution >= 4 is 11.6 Å². The molecule has 0 atom stereocenters. The van der Waals surface area contributed by atoms with Crippen molar-refractivity contribution < 1.29 is 14.3 Å². The van der Waals surface area contributed by atoms with Crippen LogP contribution in [0.4, 0.5) is 5.69 Å². The van der Waals surface area contributed by atoms with Gasteiger partial charge in [-0.05, 0) is 30.3 Å². The van der Waals surface area contributed by atoms with E-state index in [9.17, 15) is 4.79 Å². The Kier molecular flexibility index (Phi) is 2.88. The molecule has 3 aromatic rings. The van der Waals surface area contributed by atoms with Crippen LogP contribution in [0.15, 0.2) is 48.7 Å². The van der Waals surface area contributed by atoms with Gasteiger partial charge in [-0.2, -0.15) is 0 Å². The van der Waals surface area contributed by atoms with Crippen LogP contribution in [0.5, 0.6) is 11.5 Å². The van der Waals surface area contributed by atoms with Crippen LogP contribution in [-0.4, -0.2) is 29.1 Å². The number of benzene rings is 2. The van der Waals surface area contributed by atoms with Gasteiger partial charge in [-0.15, -0.1) is 0 Å². The normalized spacial score (nSPS) is 14.9. The lowest BCUT2D eigenvalue weighted by Crippen LogP contribution is -2.35. The second-order valence-electron chi connectivity index (χ2n) is 6.08. The monoisotopic (exact) mass is 333 g/mol. The number of aromatic nitrogens is 2. The second-order valence-corrected chi connectivity index (χ2v) is 6.08. The molecule has 0 saturated heterocycles. The first kappa shape index (κ1) is 14.1. The fourth-order valence-corrected chi connectivity index (χ4v) is 3.30. The van der Waals surface area contributed by atoms with Crippen LogP contribution < -0.4 is 14.4 Å². The second kappa shape index (κ2) is 5.11. The Balaban J connectivity index is 1.68. The number of hydrogen-bond donors (Lipinski definition) is 0. The average Bonchev–Trinajstić information content (AvgIpc) is 3.09. The van der Waals surface area contributed by atoms with Gasteiger partial charge < -0.3 is 14.4 Å². The number of fused-ring (bicyclic) bond motifs is 4. The number of nitrogens with zero attached hydrogens (tertiary/aromatic N) is 3. The van der Waals surface area contributed by atoms with E-state index >= 15 is 0 Å². The molecule has 25 heavy (non-hydrogen) atoms. The highest BCUT2D eigenvalue weighted by Gasteiger charge is 2.25. The summed E-state index contributed by atoms with van der Waals surface area (Å²) in [7, 11) is 1.77. The van der Waals surface area contributed by atoms with Crippen molar-refractivity contribution in [2.75, 3.05) is 18.6 Å². The summed E-state index contributed by atoms with van der Waals surface area (Å²) in [5.41, 5.74) is 3.67. The SMILES string of the molecule is CN1C(=O)COc2ccc(-c3cnc4n3-c3ccccc3OC4)cc21. The molecule has 2 aromatic carbocycles. The number of carbonyl (C=O) groups excluding carboxylic acids is 1. The molecular weight excluding hydrogens is 318 g/mol. The van der Waals surface area contributed by atoms with E-state index in [2.05, 4.69) is 9.55 Å². The van der Waals surface area contributed by atoms with Crippen molar-refractivity contribution in [3.63, 3.8) is 0 Å². The number of anilines is 1. The van der Waals surface area contributed by atoms with Gasteiger partial charge in [-0.1, -0.05) is 12.1 Å². The van der Waals surface area contributed by atoms with Crippen molar-refractivity contribution in [2.45, 2.75) is 6.61 Å². The van der Waals surface area contributed by atoms with E-state index in [0.29, 0.717) is 12.4 Å². The van der Waals surface area contributed by atoms with Gasteiger partial charge in [0, 0.05) is 12.6 Å². The minimum absolute atomic E-state index is 0.0568. The van der Waals surface area contributed by atoms with E-state index in [1.807, 2.05) is 48.7 Å². The maximum Gasteiger partial charge on any atom is 0.264 e. The van der Waals surface area contributed by atoms with Crippen LogP contribution in [0.1, 0.15) is 5.82 Å². The molecule has 0 fully saturated rings. The summed E-state index contributed by atoms with van der Waals surface area (Å²) in [6, 6.07) is 13.8. The van der Waals surface area contributed by atoms with Crippen LogP contribution in [0, 0.1) is 0 Å². The van der Waals surface area contributed by atoms with Crippen molar-refractivity contribution in [1.82, 2.24) is 9.55 Å². The lowest BCUT2D eigenvalue weighted by Gasteiger charge is -2.26. The van der Waals surface area contributed by atoms with Gasteiger partial charge in [0.15, 0.2) is 12.4 Å². The van der Waals surface area contributed by atoms with Gasteiger partial charge >= 0.3 is 0 Å². The minimum Gasteiger partial charge on any atom is -0.483 e. The summed E-state index contributed by atoms with van der Waals surface area (Å²) in [5, 5.41) is 0. The number of imidazole rings is 1. The Morgan fingerprint density at radius 1 is 1.00 bits per heavy atom. The lowest BCUT2D eigenvalue weighted by molar-refractivity contribution is -0.120. The fourth-order valence-electron chi connectivity index (χ4n) is 3.30. The summed E-state index contributed by atoms with van der Waals surface area (Å²) in [6.45, 7) is 0.513. The first-order valence-corrected chi connectivity index (χ1v) is 8.05. The topological polar surface area (TPSA) is 56.6 Å². The molecule has 0 N–H and O–H groups in total. The van der Waals surface area contributed by atoms with Gasteiger partial charge in [0.1, 0.15) is 18.1 Å². The highest BCUT2D eigenvalue weighted by molar-refractivity contribution is 5.98. The predicted octanol–water partition coefficient (Wildman–Crippen LogP) is 2.79. The number of ether oxygens (including phenoxy) is 2. The minimum atomic E-state index is -0.0568. The van der Waals surface area contributed by atoms with Gasteiger partial charge in [0.2, 0.25) is 0 Å². The molecule has 6 heteroatoms. The van der Waals surface area contributed by atoms with Crippen LogP contribution in [0.2, 0.25) is 0 Å². The molecule has 0 spiro atoms. The van der Waals surface area contributed by atoms with Crippen molar-refractivity contribution in [1.29, 1.82) is 0 Å². The number of rotatable bonds is 1. The largest absolute Gasteiger partial charge is 0.483 e. The van der Waals surface area contributed by atoms with Crippen LogP contribution in [0.3, 0.4) is 0 Å². The van der Waals surface area contributed by atoms with Gasteiger partial charge in [-0.25, -0.2) is 4.98 Å². The predicted molar refractivity (Wildman–Crippen MR) is 92.2 cm³/mol. The quantitative estimate of drug-likeness (QED) is 0.687. The summed E-state index contributed by atoms with van der Waals surface area (Å²) >= 11 is 0. The Labute approximate surface area is 144 Å². The molecule has 1 aromatic heterocycles. The zero-order valence-electron chi connectivity index (χ0n) is 13.6. The number of carbonyl (C=O) groups is 1. The maximum absolute atomic E-state index is 11.9. The number of likely N-dealkylation sites (N-methyl/N-ethyl adjacent to an activating group) is 1. The molecule has 2 aliphatic heterocycles. The molecule has 124 valence electrons. The van der Waals surface area contributed by atoms with Crippen LogP contribution >= 0.6 is 0 Å². The summed E-state index contributed by atoms with van der Waals surface area (Å²) in [6.07, 6.45) is 1.84. The van der Waals surface area contributed by atoms with Gasteiger partial charge in [-0.3, -0.25) is 9.36 Å². The first-order valence-electron chi connectivity index (χ1n) is 8.05. The third-order valence-electron chi connectivity index (χ3n) is 4.64. The molecule has 1 amide bonds. The molecule has 5 rings (SSSR count). The van der Waals surface area contributed by atoms with E-state index in [1.54, 1.807) is 11.9 Å². The maximum atomic E-state index is 11.9. The highest BCUT2D eigenvalue weighted by Crippen LogP contribution is 2.38. The van der Waals surface area contributed by atoms with E-state index in [-0.39, 0.29) is 12.5 Å². The molecule has 0 bridgehead atoms. The van der Waals surface area contributed by atoms with Crippen LogP contribution in [-0.2, 0) is 11.4 Å². The zero-order chi connectivity index (χ0) is 17.0. The van der Waals surface area contributed by atoms with Crippen molar-refractivity contribution in [3.8, 4) is 28.4 Å². The molecule has 0 saturated carbocycles. The molecule has 0 radical (unpaired) electrons. The van der Waals surface area contributed by atoms with E-state index in [4.69, 9.17) is 9.47 Å². The number of para-hydroxylation sites is 2. The standard InChI is InChI=1S/C19H15N3O3/c1-21-14-8-12(6-7-17(14)25-11-19(21)23)15-9-20-18-10-24-16-5-3-2-4-13(16)22(15)18/h2-9H,10-11H2,1H3. The smallest absolute Gasteiger partial charge is 0.264 e. The van der Waals surface area contributed by atoms with E-state index < -0.39 is 0 Å². The zero-order valence-corrected chi connectivity index (χ0v) is 13.6. The first-order chi connectivity index (χ1) is 12.2. The Hall–Kier alpha value is -3.28. The summed E-state index contributed by atoms with van der Waals surface area (Å²) in [4.78, 5) is 18.1. The van der Waals surface area contributed by atoms with Crippen molar-refractivity contribution in [3.05, 3.63) is 54.5 Å². The van der Waals surface area contributed by atoms with E-state index in [0.717, 1.165) is 34.2 Å². The third-order valence-corrected chi connectivity index (χ3v) is 4.64. The molecule has 0 aliphatic carbocycles. The molecule has 3 heterocycles. The molecule has 2 aliphatic rings. The fraction of sp³-hybridized carbons (Fsp3) is 0.158. The van der Waals surface area contributed by atoms with Crippen molar-refractivity contribution in [2.24, 2.45) is 0 Å². The third kappa shape index (κ3) is 2.04. The number of amides is 1. The summed E-state index contributed by atoms with van der Waals surface area (Å²) in [5.74, 6) is 2.35. The average molecular weight is 333 g/mol. The van der Waals surface area contributed by atoms with Crippen LogP contribution in [0.25, 0.3) is 16.9 Å². The summed E-state index contributed by atoms with van der Waals surface area (Å²) < 4.78 is 13.4. The number of hydrogen-bond acceptors (Lipinski definition) is 4.